The highest BCUT2D eigenvalue weighted by molar-refractivity contribution is 5.66. The Balaban J connectivity index is 2.42. The molecule has 0 aromatic carbocycles. The number of carbonyl (C=O) groups excluding carboxylic acids is 1. The van der Waals surface area contributed by atoms with Crippen molar-refractivity contribution in [1.82, 2.24) is 0 Å². The first-order valence-corrected chi connectivity index (χ1v) is 4.58. The summed E-state index contributed by atoms with van der Waals surface area (Å²) >= 11 is 0. The number of aliphatic hydroxyl groups is 2. The summed E-state index contributed by atoms with van der Waals surface area (Å²) in [7, 11) is 0. The number of rotatable bonds is 2. The van der Waals surface area contributed by atoms with Crippen LogP contribution in [0.2, 0.25) is 0 Å². The van der Waals surface area contributed by atoms with Crippen LogP contribution in [0.15, 0.2) is 0 Å². The fourth-order valence-electron chi connectivity index (χ4n) is 1.83. The minimum Gasteiger partial charge on any atom is -0.462 e. The standard InChI is InChI=1S/C9H16O4/c1-6(11)13-9-3-7(5-10)2-8(12)4-9/h7-10,12H,2-5H2,1H3. The van der Waals surface area contributed by atoms with Gasteiger partial charge in [-0.3, -0.25) is 4.79 Å². The van der Waals surface area contributed by atoms with Gasteiger partial charge in [0.05, 0.1) is 6.10 Å². The normalized spacial score (nSPS) is 34.2. The van der Waals surface area contributed by atoms with Crippen LogP contribution in [-0.4, -0.2) is 35.0 Å². The van der Waals surface area contributed by atoms with Crippen LogP contribution >= 0.6 is 0 Å². The molecule has 2 N–H and O–H groups in total. The lowest BCUT2D eigenvalue weighted by atomic mass is 9.86. The van der Waals surface area contributed by atoms with Crippen molar-refractivity contribution in [2.75, 3.05) is 6.61 Å². The average molecular weight is 188 g/mol. The molecule has 4 nitrogen and oxygen atoms in total. The molecule has 0 radical (unpaired) electrons. The van der Waals surface area contributed by atoms with Crippen LogP contribution < -0.4 is 0 Å². The molecule has 0 amide bonds. The van der Waals surface area contributed by atoms with Gasteiger partial charge in [-0.15, -0.1) is 0 Å². The van der Waals surface area contributed by atoms with Gasteiger partial charge >= 0.3 is 5.97 Å². The molecule has 0 heterocycles. The zero-order valence-corrected chi connectivity index (χ0v) is 7.77. The second-order valence-electron chi connectivity index (χ2n) is 3.64. The van der Waals surface area contributed by atoms with Crippen molar-refractivity contribution in [1.29, 1.82) is 0 Å². The summed E-state index contributed by atoms with van der Waals surface area (Å²) in [6.07, 6.45) is 1.09. The Labute approximate surface area is 77.5 Å². The molecule has 76 valence electrons. The summed E-state index contributed by atoms with van der Waals surface area (Å²) in [6.45, 7) is 1.41. The van der Waals surface area contributed by atoms with Crippen LogP contribution in [0.4, 0.5) is 0 Å². The minimum absolute atomic E-state index is 0.0504. The molecule has 0 bridgehead atoms. The van der Waals surface area contributed by atoms with Gasteiger partial charge < -0.3 is 14.9 Å². The van der Waals surface area contributed by atoms with E-state index in [9.17, 15) is 9.90 Å². The highest BCUT2D eigenvalue weighted by atomic mass is 16.5. The Morgan fingerprint density at radius 2 is 2.15 bits per heavy atom. The molecule has 1 aliphatic rings. The van der Waals surface area contributed by atoms with E-state index in [-0.39, 0.29) is 24.6 Å². The number of hydrogen-bond donors (Lipinski definition) is 2. The van der Waals surface area contributed by atoms with Crippen molar-refractivity contribution >= 4 is 5.97 Å². The van der Waals surface area contributed by atoms with E-state index >= 15 is 0 Å². The van der Waals surface area contributed by atoms with Crippen LogP contribution in [0.25, 0.3) is 0 Å². The fraction of sp³-hybridized carbons (Fsp3) is 0.889. The van der Waals surface area contributed by atoms with E-state index in [0.29, 0.717) is 19.3 Å². The summed E-state index contributed by atoms with van der Waals surface area (Å²) in [5.41, 5.74) is 0. The molecule has 1 saturated carbocycles. The predicted molar refractivity (Wildman–Crippen MR) is 46.0 cm³/mol. The summed E-state index contributed by atoms with van der Waals surface area (Å²) < 4.78 is 4.98. The summed E-state index contributed by atoms with van der Waals surface area (Å²) in [6, 6.07) is 0. The minimum atomic E-state index is -0.449. The molecule has 1 fully saturated rings. The second-order valence-corrected chi connectivity index (χ2v) is 3.64. The molecular formula is C9H16O4. The number of aliphatic hydroxyl groups excluding tert-OH is 2. The Bertz CT molecular complexity index is 180. The number of hydrogen-bond acceptors (Lipinski definition) is 4. The summed E-state index contributed by atoms with van der Waals surface area (Å²) in [5.74, 6) is -0.260. The molecule has 0 aliphatic heterocycles. The van der Waals surface area contributed by atoms with Crippen LogP contribution in [0.3, 0.4) is 0 Å². The van der Waals surface area contributed by atoms with Crippen LogP contribution in [-0.2, 0) is 9.53 Å². The predicted octanol–water partition coefficient (Wildman–Crippen LogP) is 0.0714. The second kappa shape index (κ2) is 4.58. The SMILES string of the molecule is CC(=O)OC1CC(O)CC(CO)C1. The van der Waals surface area contributed by atoms with Crippen molar-refractivity contribution in [3.63, 3.8) is 0 Å². The lowest BCUT2D eigenvalue weighted by molar-refractivity contribution is -0.151. The molecule has 3 unspecified atom stereocenters. The van der Waals surface area contributed by atoms with Crippen molar-refractivity contribution in [3.05, 3.63) is 0 Å². The third-order valence-electron chi connectivity index (χ3n) is 2.33. The van der Waals surface area contributed by atoms with Gasteiger partial charge in [0.2, 0.25) is 0 Å². The van der Waals surface area contributed by atoms with Gasteiger partial charge in [-0.1, -0.05) is 0 Å². The highest BCUT2D eigenvalue weighted by Crippen LogP contribution is 2.26. The first-order valence-electron chi connectivity index (χ1n) is 4.58. The lowest BCUT2D eigenvalue weighted by Crippen LogP contribution is -2.33. The molecule has 4 heteroatoms. The van der Waals surface area contributed by atoms with E-state index in [4.69, 9.17) is 9.84 Å². The van der Waals surface area contributed by atoms with Gasteiger partial charge in [0.15, 0.2) is 0 Å². The van der Waals surface area contributed by atoms with Gasteiger partial charge in [0.25, 0.3) is 0 Å². The molecular weight excluding hydrogens is 172 g/mol. The monoisotopic (exact) mass is 188 g/mol. The number of carbonyl (C=O) groups is 1. The highest BCUT2D eigenvalue weighted by Gasteiger charge is 2.28. The van der Waals surface area contributed by atoms with Gasteiger partial charge in [0, 0.05) is 20.0 Å². The Morgan fingerprint density at radius 3 is 2.69 bits per heavy atom. The smallest absolute Gasteiger partial charge is 0.302 e. The zero-order valence-electron chi connectivity index (χ0n) is 7.77. The van der Waals surface area contributed by atoms with Crippen molar-refractivity contribution in [3.8, 4) is 0 Å². The van der Waals surface area contributed by atoms with Crippen LogP contribution in [0.5, 0.6) is 0 Å². The summed E-state index contributed by atoms with van der Waals surface area (Å²) in [5, 5.41) is 18.3. The van der Waals surface area contributed by atoms with E-state index in [1.807, 2.05) is 0 Å². The molecule has 1 aliphatic carbocycles. The maximum atomic E-state index is 10.6. The quantitative estimate of drug-likeness (QED) is 0.602. The van der Waals surface area contributed by atoms with E-state index in [1.54, 1.807) is 0 Å². The lowest BCUT2D eigenvalue weighted by Gasteiger charge is -2.30. The maximum absolute atomic E-state index is 10.6. The summed E-state index contributed by atoms with van der Waals surface area (Å²) in [4.78, 5) is 10.6. The third kappa shape index (κ3) is 3.32. The van der Waals surface area contributed by atoms with Gasteiger partial charge in [-0.25, -0.2) is 0 Å². The first kappa shape index (κ1) is 10.5. The molecule has 13 heavy (non-hydrogen) atoms. The Hall–Kier alpha value is -0.610. The van der Waals surface area contributed by atoms with Gasteiger partial charge in [0.1, 0.15) is 6.10 Å². The zero-order chi connectivity index (χ0) is 9.84. The van der Waals surface area contributed by atoms with Gasteiger partial charge in [-0.2, -0.15) is 0 Å². The molecule has 1 rings (SSSR count). The Kier molecular flexibility index (Phi) is 3.69. The van der Waals surface area contributed by atoms with Crippen LogP contribution in [0, 0.1) is 5.92 Å². The molecule has 0 spiro atoms. The molecule has 3 atom stereocenters. The van der Waals surface area contributed by atoms with Crippen molar-refractivity contribution in [2.45, 2.75) is 38.4 Å². The fourth-order valence-corrected chi connectivity index (χ4v) is 1.83. The molecule has 0 aromatic rings. The maximum Gasteiger partial charge on any atom is 0.302 e. The van der Waals surface area contributed by atoms with Gasteiger partial charge in [-0.05, 0) is 18.8 Å². The van der Waals surface area contributed by atoms with E-state index in [0.717, 1.165) is 0 Å². The topological polar surface area (TPSA) is 66.8 Å². The largest absolute Gasteiger partial charge is 0.462 e. The third-order valence-corrected chi connectivity index (χ3v) is 2.33. The van der Waals surface area contributed by atoms with E-state index in [1.165, 1.54) is 6.92 Å². The average Bonchev–Trinajstić information content (AvgIpc) is 2.01. The number of esters is 1. The molecule has 0 saturated heterocycles. The molecule has 0 aromatic heterocycles. The van der Waals surface area contributed by atoms with E-state index in [2.05, 4.69) is 0 Å². The number of ether oxygens (including phenoxy) is 1. The Morgan fingerprint density at radius 1 is 1.46 bits per heavy atom. The van der Waals surface area contributed by atoms with Crippen molar-refractivity contribution < 1.29 is 19.7 Å². The van der Waals surface area contributed by atoms with Crippen molar-refractivity contribution in [2.24, 2.45) is 5.92 Å². The van der Waals surface area contributed by atoms with E-state index < -0.39 is 6.10 Å². The first-order chi connectivity index (χ1) is 6.11. The van der Waals surface area contributed by atoms with Crippen LogP contribution in [0.1, 0.15) is 26.2 Å².